The Morgan fingerprint density at radius 3 is 2.58 bits per heavy atom. The van der Waals surface area contributed by atoms with Gasteiger partial charge in [0, 0.05) is 12.1 Å². The number of carboxylic acids is 1. The molecule has 2 N–H and O–H groups in total. The van der Waals surface area contributed by atoms with Crippen molar-refractivity contribution < 1.29 is 32.6 Å². The molecule has 0 radical (unpaired) electrons. The largest absolute Gasteiger partial charge is 0.573 e. The molecule has 1 aromatic carbocycles. The molecule has 0 bridgehead atoms. The molecule has 0 saturated carbocycles. The predicted molar refractivity (Wildman–Crippen MR) is 57.7 cm³/mol. The molecule has 0 saturated heterocycles. The van der Waals surface area contributed by atoms with Gasteiger partial charge in [-0.15, -0.1) is 13.2 Å². The molecule has 0 aliphatic carbocycles. The number of rotatable bonds is 5. The summed E-state index contributed by atoms with van der Waals surface area (Å²) >= 11 is 0. The van der Waals surface area contributed by atoms with E-state index >= 15 is 0 Å². The molecule has 0 aliphatic heterocycles. The van der Waals surface area contributed by atoms with Crippen molar-refractivity contribution in [3.05, 3.63) is 29.8 Å². The zero-order valence-corrected chi connectivity index (χ0v) is 9.53. The maximum absolute atomic E-state index is 12.0. The minimum Gasteiger partial charge on any atom is -0.481 e. The lowest BCUT2D eigenvalue weighted by Crippen LogP contribution is -2.26. The topological polar surface area (TPSA) is 75.6 Å². The number of hydrogen-bond donors (Lipinski definition) is 2. The van der Waals surface area contributed by atoms with E-state index in [1.165, 1.54) is 12.1 Å². The number of carbonyl (C=O) groups is 2. The Morgan fingerprint density at radius 1 is 1.32 bits per heavy atom. The lowest BCUT2D eigenvalue weighted by Gasteiger charge is -2.10. The monoisotopic (exact) mass is 277 g/mol. The third-order valence-corrected chi connectivity index (χ3v) is 1.95. The third-order valence-electron chi connectivity index (χ3n) is 1.95. The van der Waals surface area contributed by atoms with Crippen molar-refractivity contribution in [1.29, 1.82) is 0 Å². The first-order valence-corrected chi connectivity index (χ1v) is 5.14. The molecule has 19 heavy (non-hydrogen) atoms. The van der Waals surface area contributed by atoms with E-state index in [-0.39, 0.29) is 18.5 Å². The number of benzene rings is 1. The summed E-state index contributed by atoms with van der Waals surface area (Å²) in [5.41, 5.74) is -0.0489. The van der Waals surface area contributed by atoms with Gasteiger partial charge in [-0.1, -0.05) is 6.07 Å². The molecule has 5 nitrogen and oxygen atoms in total. The van der Waals surface area contributed by atoms with E-state index in [0.717, 1.165) is 12.1 Å². The molecule has 0 fully saturated rings. The summed E-state index contributed by atoms with van der Waals surface area (Å²) in [6, 6.07) is 4.50. The Labute approximate surface area is 106 Å². The van der Waals surface area contributed by atoms with Crippen LogP contribution in [0.1, 0.15) is 16.8 Å². The Hall–Kier alpha value is -2.25. The van der Waals surface area contributed by atoms with E-state index in [9.17, 15) is 22.8 Å². The molecule has 0 aromatic heterocycles. The Morgan fingerprint density at radius 2 is 2.00 bits per heavy atom. The fourth-order valence-corrected chi connectivity index (χ4v) is 1.22. The first kappa shape index (κ1) is 14.8. The van der Waals surface area contributed by atoms with Gasteiger partial charge in [0.1, 0.15) is 5.75 Å². The number of halogens is 3. The molecule has 0 unspecified atom stereocenters. The number of hydrogen-bond acceptors (Lipinski definition) is 3. The smallest absolute Gasteiger partial charge is 0.481 e. The highest BCUT2D eigenvalue weighted by Gasteiger charge is 2.31. The summed E-state index contributed by atoms with van der Waals surface area (Å²) < 4.78 is 39.6. The van der Waals surface area contributed by atoms with Gasteiger partial charge in [-0.25, -0.2) is 0 Å². The van der Waals surface area contributed by atoms with Crippen LogP contribution in [0.4, 0.5) is 13.2 Å². The van der Waals surface area contributed by atoms with Gasteiger partial charge >= 0.3 is 12.3 Å². The maximum atomic E-state index is 12.0. The lowest BCUT2D eigenvalue weighted by molar-refractivity contribution is -0.274. The van der Waals surface area contributed by atoms with Crippen LogP contribution in [-0.2, 0) is 4.79 Å². The van der Waals surface area contributed by atoms with Crippen molar-refractivity contribution in [2.75, 3.05) is 6.54 Å². The fraction of sp³-hybridized carbons (Fsp3) is 0.273. The van der Waals surface area contributed by atoms with Crippen molar-refractivity contribution >= 4 is 11.9 Å². The molecule has 104 valence electrons. The van der Waals surface area contributed by atoms with E-state index in [1.54, 1.807) is 0 Å². The molecule has 1 aromatic rings. The van der Waals surface area contributed by atoms with E-state index in [2.05, 4.69) is 10.1 Å². The number of carboxylic acid groups (broad SMARTS) is 1. The molecule has 8 heteroatoms. The summed E-state index contributed by atoms with van der Waals surface area (Å²) in [5, 5.41) is 10.6. The molecule has 1 amide bonds. The first-order chi connectivity index (χ1) is 8.78. The van der Waals surface area contributed by atoms with Gasteiger partial charge in [-0.2, -0.15) is 0 Å². The maximum Gasteiger partial charge on any atom is 0.573 e. The van der Waals surface area contributed by atoms with E-state index < -0.39 is 24.0 Å². The second-order valence-corrected chi connectivity index (χ2v) is 3.48. The second-order valence-electron chi connectivity index (χ2n) is 3.48. The fourth-order valence-electron chi connectivity index (χ4n) is 1.22. The Balaban J connectivity index is 2.65. The van der Waals surface area contributed by atoms with E-state index in [0.29, 0.717) is 0 Å². The van der Waals surface area contributed by atoms with Crippen molar-refractivity contribution in [2.45, 2.75) is 12.8 Å². The number of alkyl halides is 3. The molecule has 0 aliphatic rings. The molecular weight excluding hydrogens is 267 g/mol. The molecule has 0 spiro atoms. The number of carbonyl (C=O) groups excluding carboxylic acids is 1. The van der Waals surface area contributed by atoms with Gasteiger partial charge < -0.3 is 15.2 Å². The molecule has 1 rings (SSSR count). The van der Waals surface area contributed by atoms with Gasteiger partial charge in [0.2, 0.25) is 0 Å². The van der Waals surface area contributed by atoms with Gasteiger partial charge in [-0.05, 0) is 18.2 Å². The van der Waals surface area contributed by atoms with Crippen LogP contribution in [0.5, 0.6) is 5.75 Å². The van der Waals surface area contributed by atoms with Gasteiger partial charge in [0.25, 0.3) is 5.91 Å². The van der Waals surface area contributed by atoms with Gasteiger partial charge in [-0.3, -0.25) is 9.59 Å². The number of amides is 1. The van der Waals surface area contributed by atoms with Crippen LogP contribution < -0.4 is 10.1 Å². The number of aliphatic carboxylic acids is 1. The highest BCUT2D eigenvalue weighted by Crippen LogP contribution is 2.23. The average molecular weight is 277 g/mol. The normalized spacial score (nSPS) is 10.9. The molecular formula is C11H10F3NO4. The van der Waals surface area contributed by atoms with Crippen LogP contribution >= 0.6 is 0 Å². The zero-order chi connectivity index (χ0) is 14.5. The lowest BCUT2D eigenvalue weighted by atomic mass is 10.2. The van der Waals surface area contributed by atoms with Crippen molar-refractivity contribution in [3.63, 3.8) is 0 Å². The standard InChI is InChI=1S/C11H10F3NO4/c12-11(13,14)19-8-3-1-2-7(6-8)10(18)15-5-4-9(16)17/h1-3,6H,4-5H2,(H,15,18)(H,16,17). The van der Waals surface area contributed by atoms with Crippen molar-refractivity contribution in [3.8, 4) is 5.75 Å². The van der Waals surface area contributed by atoms with Crippen LogP contribution in [0.25, 0.3) is 0 Å². The van der Waals surface area contributed by atoms with Crippen molar-refractivity contribution in [2.24, 2.45) is 0 Å². The highest BCUT2D eigenvalue weighted by atomic mass is 19.4. The Kier molecular flexibility index (Phi) is 4.74. The predicted octanol–water partition coefficient (Wildman–Crippen LogP) is 1.79. The third kappa shape index (κ3) is 5.75. The van der Waals surface area contributed by atoms with Crippen LogP contribution in [0, 0.1) is 0 Å². The summed E-state index contributed by atoms with van der Waals surface area (Å²) in [4.78, 5) is 21.7. The summed E-state index contributed by atoms with van der Waals surface area (Å²) in [6.07, 6.45) is -5.11. The van der Waals surface area contributed by atoms with Crippen molar-refractivity contribution in [1.82, 2.24) is 5.32 Å². The second kappa shape index (κ2) is 6.07. The zero-order valence-electron chi connectivity index (χ0n) is 9.53. The Bertz CT molecular complexity index is 473. The number of nitrogens with one attached hydrogen (secondary N) is 1. The van der Waals surface area contributed by atoms with Crippen LogP contribution in [0.15, 0.2) is 24.3 Å². The van der Waals surface area contributed by atoms with Crippen LogP contribution in [-0.4, -0.2) is 29.9 Å². The molecule has 0 atom stereocenters. The molecule has 0 heterocycles. The van der Waals surface area contributed by atoms with E-state index in [1.807, 2.05) is 0 Å². The summed E-state index contributed by atoms with van der Waals surface area (Å²) in [6.45, 7) is -0.113. The SMILES string of the molecule is O=C(O)CCNC(=O)c1cccc(OC(F)(F)F)c1. The minimum atomic E-state index is -4.83. The quantitative estimate of drug-likeness (QED) is 0.860. The van der Waals surface area contributed by atoms with Crippen LogP contribution in [0.3, 0.4) is 0 Å². The van der Waals surface area contributed by atoms with Gasteiger partial charge in [0.15, 0.2) is 0 Å². The summed E-state index contributed by atoms with van der Waals surface area (Å²) in [7, 11) is 0. The van der Waals surface area contributed by atoms with E-state index in [4.69, 9.17) is 5.11 Å². The highest BCUT2D eigenvalue weighted by molar-refractivity contribution is 5.94. The number of ether oxygens (including phenoxy) is 1. The summed E-state index contributed by atoms with van der Waals surface area (Å²) in [5.74, 6) is -2.28. The average Bonchev–Trinajstić information content (AvgIpc) is 2.26. The minimum absolute atomic E-state index is 0.0489. The van der Waals surface area contributed by atoms with Crippen LogP contribution in [0.2, 0.25) is 0 Å². The van der Waals surface area contributed by atoms with Gasteiger partial charge in [0.05, 0.1) is 6.42 Å². The first-order valence-electron chi connectivity index (χ1n) is 5.14.